The van der Waals surface area contributed by atoms with Crippen LogP contribution in [0.1, 0.15) is 28.8 Å². The smallest absolute Gasteiger partial charge is 0.269 e. The van der Waals surface area contributed by atoms with Crippen molar-refractivity contribution in [1.29, 1.82) is 0 Å². The molecule has 0 radical (unpaired) electrons. The molecule has 1 saturated heterocycles. The molecule has 1 aromatic carbocycles. The van der Waals surface area contributed by atoms with Gasteiger partial charge in [-0.25, -0.2) is 0 Å². The third-order valence-electron chi connectivity index (χ3n) is 3.30. The zero-order chi connectivity index (χ0) is 13.8. The Morgan fingerprint density at radius 2 is 2.32 bits per heavy atom. The Labute approximate surface area is 111 Å². The first kappa shape index (κ1) is 13.5. The zero-order valence-corrected chi connectivity index (χ0v) is 10.8. The number of nitro groups is 1. The van der Waals surface area contributed by atoms with Crippen LogP contribution in [0.4, 0.5) is 5.69 Å². The number of benzene rings is 1. The highest BCUT2D eigenvalue weighted by Gasteiger charge is 2.18. The van der Waals surface area contributed by atoms with Crippen molar-refractivity contribution < 1.29 is 9.72 Å². The van der Waals surface area contributed by atoms with Crippen molar-refractivity contribution in [1.82, 2.24) is 10.6 Å². The molecule has 6 heteroatoms. The maximum atomic E-state index is 12.1. The van der Waals surface area contributed by atoms with Crippen LogP contribution >= 0.6 is 0 Å². The van der Waals surface area contributed by atoms with E-state index in [9.17, 15) is 14.9 Å². The molecule has 6 nitrogen and oxygen atoms in total. The third kappa shape index (κ3) is 3.29. The minimum atomic E-state index is -0.459. The van der Waals surface area contributed by atoms with Crippen LogP contribution in [0.2, 0.25) is 0 Å². The van der Waals surface area contributed by atoms with E-state index in [-0.39, 0.29) is 17.6 Å². The number of nitrogens with zero attached hydrogens (tertiary/aromatic N) is 1. The SMILES string of the molecule is Cc1cc([N+](=O)[O-])ccc1C(=O)N[C@@H]1CCCNC1. The summed E-state index contributed by atoms with van der Waals surface area (Å²) in [6.07, 6.45) is 2.01. The van der Waals surface area contributed by atoms with Gasteiger partial charge in [0.05, 0.1) is 4.92 Å². The summed E-state index contributed by atoms with van der Waals surface area (Å²) in [7, 11) is 0. The highest BCUT2D eigenvalue weighted by molar-refractivity contribution is 5.96. The van der Waals surface area contributed by atoms with Crippen molar-refractivity contribution in [3.63, 3.8) is 0 Å². The number of carbonyl (C=O) groups excluding carboxylic acids is 1. The molecule has 2 rings (SSSR count). The van der Waals surface area contributed by atoms with Crippen LogP contribution in [0, 0.1) is 17.0 Å². The summed E-state index contributed by atoms with van der Waals surface area (Å²) < 4.78 is 0. The van der Waals surface area contributed by atoms with Crippen molar-refractivity contribution in [2.45, 2.75) is 25.8 Å². The lowest BCUT2D eigenvalue weighted by molar-refractivity contribution is -0.384. The molecule has 1 amide bonds. The fourth-order valence-electron chi connectivity index (χ4n) is 2.25. The standard InChI is InChI=1S/C13H17N3O3/c1-9-7-11(16(18)19)4-5-12(9)13(17)15-10-3-2-6-14-8-10/h4-5,7,10,14H,2-3,6,8H2,1H3,(H,15,17)/t10-/m1/s1. The van der Waals surface area contributed by atoms with Gasteiger partial charge in [-0.2, -0.15) is 0 Å². The van der Waals surface area contributed by atoms with Gasteiger partial charge in [-0.05, 0) is 37.9 Å². The van der Waals surface area contributed by atoms with E-state index < -0.39 is 4.92 Å². The van der Waals surface area contributed by atoms with Crippen LogP contribution in [0.25, 0.3) is 0 Å². The number of nitrogens with one attached hydrogen (secondary N) is 2. The maximum Gasteiger partial charge on any atom is 0.269 e. The highest BCUT2D eigenvalue weighted by atomic mass is 16.6. The molecule has 0 aromatic heterocycles. The van der Waals surface area contributed by atoms with Gasteiger partial charge in [-0.3, -0.25) is 14.9 Å². The predicted octanol–water partition coefficient (Wildman–Crippen LogP) is 1.39. The largest absolute Gasteiger partial charge is 0.348 e. The fraction of sp³-hybridized carbons (Fsp3) is 0.462. The second-order valence-electron chi connectivity index (χ2n) is 4.77. The van der Waals surface area contributed by atoms with Crippen LogP contribution < -0.4 is 10.6 Å². The number of carbonyl (C=O) groups is 1. The van der Waals surface area contributed by atoms with E-state index in [0.29, 0.717) is 11.1 Å². The van der Waals surface area contributed by atoms with E-state index in [0.717, 1.165) is 25.9 Å². The number of amides is 1. The summed E-state index contributed by atoms with van der Waals surface area (Å²) in [6, 6.07) is 4.43. The predicted molar refractivity (Wildman–Crippen MR) is 71.2 cm³/mol. The van der Waals surface area contributed by atoms with Crippen LogP contribution in [0.15, 0.2) is 18.2 Å². The van der Waals surface area contributed by atoms with Gasteiger partial charge in [0.25, 0.3) is 11.6 Å². The number of non-ortho nitro benzene ring substituents is 1. The summed E-state index contributed by atoms with van der Waals surface area (Å²) in [5.74, 6) is -0.166. The number of nitro benzene ring substituents is 1. The van der Waals surface area contributed by atoms with Gasteiger partial charge >= 0.3 is 0 Å². The summed E-state index contributed by atoms with van der Waals surface area (Å²) in [5.41, 5.74) is 1.13. The Hall–Kier alpha value is -1.95. The molecular formula is C13H17N3O3. The van der Waals surface area contributed by atoms with Crippen molar-refractivity contribution in [3.05, 3.63) is 39.4 Å². The summed E-state index contributed by atoms with van der Waals surface area (Å²) >= 11 is 0. The Balaban J connectivity index is 2.08. The molecule has 1 aliphatic heterocycles. The minimum absolute atomic E-state index is 0.00776. The lowest BCUT2D eigenvalue weighted by Gasteiger charge is -2.24. The summed E-state index contributed by atoms with van der Waals surface area (Å²) in [5, 5.41) is 16.8. The van der Waals surface area contributed by atoms with E-state index in [1.54, 1.807) is 6.92 Å². The fourth-order valence-corrected chi connectivity index (χ4v) is 2.25. The number of hydrogen-bond acceptors (Lipinski definition) is 4. The maximum absolute atomic E-state index is 12.1. The van der Waals surface area contributed by atoms with Crippen molar-refractivity contribution in [2.24, 2.45) is 0 Å². The molecule has 1 fully saturated rings. The van der Waals surface area contributed by atoms with E-state index in [1.807, 2.05) is 0 Å². The van der Waals surface area contributed by atoms with Gasteiger partial charge in [-0.15, -0.1) is 0 Å². The van der Waals surface area contributed by atoms with Crippen LogP contribution in [-0.4, -0.2) is 30.0 Å². The van der Waals surface area contributed by atoms with E-state index in [1.165, 1.54) is 18.2 Å². The van der Waals surface area contributed by atoms with Gasteiger partial charge < -0.3 is 10.6 Å². The Morgan fingerprint density at radius 3 is 2.89 bits per heavy atom. The molecule has 0 bridgehead atoms. The zero-order valence-electron chi connectivity index (χ0n) is 10.8. The molecule has 1 aromatic rings. The molecule has 1 heterocycles. The monoisotopic (exact) mass is 263 g/mol. The molecule has 0 spiro atoms. The molecule has 2 N–H and O–H groups in total. The average molecular weight is 263 g/mol. The molecule has 1 aliphatic rings. The van der Waals surface area contributed by atoms with E-state index in [4.69, 9.17) is 0 Å². The van der Waals surface area contributed by atoms with E-state index in [2.05, 4.69) is 10.6 Å². The first-order chi connectivity index (χ1) is 9.08. The molecule has 0 unspecified atom stereocenters. The highest BCUT2D eigenvalue weighted by Crippen LogP contribution is 2.17. The molecule has 19 heavy (non-hydrogen) atoms. The van der Waals surface area contributed by atoms with Gasteiger partial charge in [0, 0.05) is 30.3 Å². The molecule has 1 atom stereocenters. The number of piperidine rings is 1. The van der Waals surface area contributed by atoms with Crippen molar-refractivity contribution in [2.75, 3.05) is 13.1 Å². The van der Waals surface area contributed by atoms with Gasteiger partial charge in [0.2, 0.25) is 0 Å². The Bertz CT molecular complexity index is 496. The van der Waals surface area contributed by atoms with Crippen LogP contribution in [0.5, 0.6) is 0 Å². The number of rotatable bonds is 3. The van der Waals surface area contributed by atoms with Gasteiger partial charge in [0.15, 0.2) is 0 Å². The topological polar surface area (TPSA) is 84.3 Å². The number of aryl methyl sites for hydroxylation is 1. The lowest BCUT2D eigenvalue weighted by atomic mass is 10.0. The lowest BCUT2D eigenvalue weighted by Crippen LogP contribution is -2.45. The van der Waals surface area contributed by atoms with Crippen molar-refractivity contribution in [3.8, 4) is 0 Å². The Morgan fingerprint density at radius 1 is 1.53 bits per heavy atom. The normalized spacial score (nSPS) is 18.9. The average Bonchev–Trinajstić information content (AvgIpc) is 2.39. The third-order valence-corrected chi connectivity index (χ3v) is 3.30. The second-order valence-corrected chi connectivity index (χ2v) is 4.77. The van der Waals surface area contributed by atoms with Crippen LogP contribution in [0.3, 0.4) is 0 Å². The minimum Gasteiger partial charge on any atom is -0.348 e. The number of hydrogen-bond donors (Lipinski definition) is 2. The van der Waals surface area contributed by atoms with Gasteiger partial charge in [-0.1, -0.05) is 0 Å². The molecule has 0 saturated carbocycles. The van der Waals surface area contributed by atoms with Crippen molar-refractivity contribution >= 4 is 11.6 Å². The summed E-state index contributed by atoms with van der Waals surface area (Å²) in [4.78, 5) is 22.3. The first-order valence-corrected chi connectivity index (χ1v) is 6.34. The van der Waals surface area contributed by atoms with Gasteiger partial charge in [0.1, 0.15) is 0 Å². The molecule has 102 valence electrons. The Kier molecular flexibility index (Phi) is 4.11. The van der Waals surface area contributed by atoms with E-state index >= 15 is 0 Å². The quantitative estimate of drug-likeness (QED) is 0.637. The van der Waals surface area contributed by atoms with Crippen LogP contribution in [-0.2, 0) is 0 Å². The molecule has 0 aliphatic carbocycles. The summed E-state index contributed by atoms with van der Waals surface area (Å²) in [6.45, 7) is 3.47. The molecular weight excluding hydrogens is 246 g/mol. The first-order valence-electron chi connectivity index (χ1n) is 6.34. The second kappa shape index (κ2) is 5.79.